The third kappa shape index (κ3) is 3.16. The number of esters is 1. The van der Waals surface area contributed by atoms with Crippen molar-refractivity contribution in [1.29, 1.82) is 0 Å². The fourth-order valence-electron chi connectivity index (χ4n) is 1.89. The minimum absolute atomic E-state index is 0.303. The Labute approximate surface area is 112 Å². The topological polar surface area (TPSA) is 35.5 Å². The van der Waals surface area contributed by atoms with E-state index in [1.165, 1.54) is 0 Å². The molecule has 0 unspecified atom stereocenters. The molecule has 4 heteroatoms. The van der Waals surface area contributed by atoms with Gasteiger partial charge in [-0.15, -0.1) is 0 Å². The zero-order valence-electron chi connectivity index (χ0n) is 10.8. The van der Waals surface area contributed by atoms with Crippen molar-refractivity contribution < 1.29 is 14.3 Å². The maximum atomic E-state index is 11.9. The molecule has 1 aliphatic heterocycles. The van der Waals surface area contributed by atoms with E-state index in [-0.39, 0.29) is 5.97 Å². The molecule has 0 saturated heterocycles. The zero-order valence-corrected chi connectivity index (χ0v) is 11.6. The van der Waals surface area contributed by atoms with Crippen molar-refractivity contribution in [1.82, 2.24) is 0 Å². The Morgan fingerprint density at radius 3 is 2.83 bits per heavy atom. The quantitative estimate of drug-likeness (QED) is 0.733. The molecule has 1 aromatic carbocycles. The Balaban J connectivity index is 2.08. The molecule has 18 heavy (non-hydrogen) atoms. The first-order valence-corrected chi connectivity index (χ1v) is 6.41. The first-order chi connectivity index (χ1) is 8.35. The molecule has 3 nitrogen and oxygen atoms in total. The monoisotopic (exact) mass is 268 g/mol. The molecule has 1 heterocycles. The number of carbonyl (C=O) groups is 1. The van der Waals surface area contributed by atoms with E-state index in [2.05, 4.69) is 0 Å². The summed E-state index contributed by atoms with van der Waals surface area (Å²) in [7, 11) is 0. The van der Waals surface area contributed by atoms with Crippen LogP contribution < -0.4 is 4.74 Å². The van der Waals surface area contributed by atoms with Crippen LogP contribution in [0, 0.1) is 0 Å². The normalized spacial score (nSPS) is 18.8. The van der Waals surface area contributed by atoms with Crippen molar-refractivity contribution in [3.63, 3.8) is 0 Å². The van der Waals surface area contributed by atoms with E-state index in [0.29, 0.717) is 11.4 Å². The van der Waals surface area contributed by atoms with Crippen LogP contribution in [0.2, 0.25) is 5.02 Å². The zero-order chi connectivity index (χ0) is 13.3. The van der Waals surface area contributed by atoms with Crippen molar-refractivity contribution in [2.45, 2.75) is 45.3 Å². The first kappa shape index (κ1) is 13.2. The summed E-state index contributed by atoms with van der Waals surface area (Å²) in [6.07, 6.45) is 0.889. The Bertz CT molecular complexity index is 463. The number of ether oxygens (including phenoxy) is 2. The average molecular weight is 269 g/mol. The number of fused-ring (bicyclic) bond motifs is 1. The fraction of sp³-hybridized carbons (Fsp3) is 0.500. The molecule has 1 aliphatic rings. The van der Waals surface area contributed by atoms with E-state index in [1.807, 2.05) is 26.8 Å². The van der Waals surface area contributed by atoms with Crippen LogP contribution in [0.25, 0.3) is 0 Å². The number of rotatable bonds is 1. The van der Waals surface area contributed by atoms with Crippen LogP contribution in [-0.4, -0.2) is 17.7 Å². The van der Waals surface area contributed by atoms with Crippen molar-refractivity contribution in [2.24, 2.45) is 0 Å². The lowest BCUT2D eigenvalue weighted by Gasteiger charge is -2.28. The van der Waals surface area contributed by atoms with Crippen LogP contribution in [0.5, 0.6) is 5.75 Å². The summed E-state index contributed by atoms with van der Waals surface area (Å²) in [5.41, 5.74) is 0.558. The highest BCUT2D eigenvalue weighted by molar-refractivity contribution is 6.30. The molecule has 0 N–H and O–H groups in total. The predicted molar refractivity (Wildman–Crippen MR) is 70.0 cm³/mol. The van der Waals surface area contributed by atoms with Crippen LogP contribution in [-0.2, 0) is 16.0 Å². The van der Waals surface area contributed by atoms with Crippen LogP contribution in [0.15, 0.2) is 18.2 Å². The van der Waals surface area contributed by atoms with Gasteiger partial charge in [-0.1, -0.05) is 11.6 Å². The number of halogens is 1. The van der Waals surface area contributed by atoms with E-state index in [0.717, 1.165) is 17.7 Å². The van der Waals surface area contributed by atoms with Gasteiger partial charge in [0.1, 0.15) is 11.4 Å². The van der Waals surface area contributed by atoms with Gasteiger partial charge in [-0.25, -0.2) is 4.79 Å². The molecule has 0 fully saturated rings. The largest absolute Gasteiger partial charge is 0.478 e. The number of hydrogen-bond donors (Lipinski definition) is 0. The number of aryl methyl sites for hydroxylation is 1. The van der Waals surface area contributed by atoms with Gasteiger partial charge < -0.3 is 9.47 Å². The Morgan fingerprint density at radius 2 is 2.17 bits per heavy atom. The lowest BCUT2D eigenvalue weighted by molar-refractivity contribution is -0.164. The molecular weight excluding hydrogens is 252 g/mol. The first-order valence-electron chi connectivity index (χ1n) is 6.03. The Hall–Kier alpha value is -1.22. The van der Waals surface area contributed by atoms with Crippen LogP contribution in [0.3, 0.4) is 0 Å². The molecular formula is C14H17ClO3. The molecule has 0 spiro atoms. The smallest absolute Gasteiger partial charge is 0.347 e. The molecule has 0 bridgehead atoms. The number of carbonyl (C=O) groups excluding carboxylic acids is 1. The summed E-state index contributed by atoms with van der Waals surface area (Å²) in [6.45, 7) is 5.55. The molecule has 2 rings (SSSR count). The molecule has 0 radical (unpaired) electrons. The van der Waals surface area contributed by atoms with Gasteiger partial charge in [-0.3, -0.25) is 0 Å². The van der Waals surface area contributed by atoms with E-state index in [4.69, 9.17) is 21.1 Å². The highest BCUT2D eigenvalue weighted by atomic mass is 35.5. The third-order valence-corrected chi connectivity index (χ3v) is 2.87. The molecule has 1 atom stereocenters. The third-order valence-electron chi connectivity index (χ3n) is 2.64. The molecule has 0 aliphatic carbocycles. The summed E-state index contributed by atoms with van der Waals surface area (Å²) >= 11 is 5.92. The van der Waals surface area contributed by atoms with Gasteiger partial charge in [0.05, 0.1) is 0 Å². The van der Waals surface area contributed by atoms with E-state index in [1.54, 1.807) is 12.1 Å². The van der Waals surface area contributed by atoms with Crippen LogP contribution in [0.1, 0.15) is 32.8 Å². The van der Waals surface area contributed by atoms with Crippen molar-refractivity contribution in [3.05, 3.63) is 28.8 Å². The predicted octanol–water partition coefficient (Wildman–Crippen LogP) is 3.38. The molecule has 1 aromatic rings. The second kappa shape index (κ2) is 4.81. The van der Waals surface area contributed by atoms with Gasteiger partial charge in [0, 0.05) is 5.02 Å². The lowest BCUT2D eigenvalue weighted by atomic mass is 10.0. The van der Waals surface area contributed by atoms with Crippen LogP contribution in [0.4, 0.5) is 0 Å². The molecule has 0 amide bonds. The van der Waals surface area contributed by atoms with E-state index >= 15 is 0 Å². The minimum Gasteiger partial charge on any atom is -0.478 e. The highest BCUT2D eigenvalue weighted by Gasteiger charge is 2.30. The molecule has 0 saturated carbocycles. The van der Waals surface area contributed by atoms with Crippen LogP contribution >= 0.6 is 11.6 Å². The van der Waals surface area contributed by atoms with Gasteiger partial charge >= 0.3 is 5.97 Å². The van der Waals surface area contributed by atoms with Gasteiger partial charge in [0.25, 0.3) is 0 Å². The Kier molecular flexibility index (Phi) is 3.53. The van der Waals surface area contributed by atoms with Crippen molar-refractivity contribution in [2.75, 3.05) is 0 Å². The number of hydrogen-bond acceptors (Lipinski definition) is 3. The molecule has 98 valence electrons. The van der Waals surface area contributed by atoms with Gasteiger partial charge in [0.15, 0.2) is 6.10 Å². The summed E-state index contributed by atoms with van der Waals surface area (Å²) in [5.74, 6) is 0.421. The maximum absolute atomic E-state index is 11.9. The second-order valence-electron chi connectivity index (χ2n) is 5.43. The standard InChI is InChI=1S/C14H17ClO3/c1-14(2,3)18-13(16)12-6-4-9-8-10(15)5-7-11(9)17-12/h5,7-8,12H,4,6H2,1-3H3/t12-/m1/s1. The summed E-state index contributed by atoms with van der Waals surface area (Å²) in [5, 5.41) is 0.688. The number of benzene rings is 1. The second-order valence-corrected chi connectivity index (χ2v) is 5.87. The van der Waals surface area contributed by atoms with Crippen molar-refractivity contribution in [3.8, 4) is 5.75 Å². The van der Waals surface area contributed by atoms with E-state index in [9.17, 15) is 4.79 Å². The van der Waals surface area contributed by atoms with Gasteiger partial charge in [0.2, 0.25) is 0 Å². The van der Waals surface area contributed by atoms with Gasteiger partial charge in [-0.2, -0.15) is 0 Å². The summed E-state index contributed by atoms with van der Waals surface area (Å²) in [6, 6.07) is 5.44. The Morgan fingerprint density at radius 1 is 1.44 bits per heavy atom. The minimum atomic E-state index is -0.516. The fourth-order valence-corrected chi connectivity index (χ4v) is 2.09. The van der Waals surface area contributed by atoms with Crippen molar-refractivity contribution >= 4 is 17.6 Å². The maximum Gasteiger partial charge on any atom is 0.347 e. The average Bonchev–Trinajstić information content (AvgIpc) is 2.26. The lowest BCUT2D eigenvalue weighted by Crippen LogP contribution is -2.37. The van der Waals surface area contributed by atoms with Gasteiger partial charge in [-0.05, 0) is 57.4 Å². The SMILES string of the molecule is CC(C)(C)OC(=O)[C@H]1CCc2cc(Cl)ccc2O1. The molecule has 0 aromatic heterocycles. The highest BCUT2D eigenvalue weighted by Crippen LogP contribution is 2.30. The summed E-state index contributed by atoms with van der Waals surface area (Å²) < 4.78 is 11.0. The van der Waals surface area contributed by atoms with E-state index < -0.39 is 11.7 Å². The summed E-state index contributed by atoms with van der Waals surface area (Å²) in [4.78, 5) is 11.9.